The number of nitrogens with zero attached hydrogens (tertiary/aromatic N) is 3. The zero-order chi connectivity index (χ0) is 22.2. The highest BCUT2D eigenvalue weighted by atomic mass is 16.5. The number of urea groups is 1. The van der Waals surface area contributed by atoms with Crippen LogP contribution >= 0.6 is 0 Å². The van der Waals surface area contributed by atoms with Crippen LogP contribution in [0.3, 0.4) is 0 Å². The fourth-order valence-corrected chi connectivity index (χ4v) is 3.71. The SMILES string of the molecule is CN1CCN(CC(NC(=O)Nc2cccc(Oc3ccncc3)c2)c2ccccc2)CC1. The monoisotopic (exact) mass is 431 g/mol. The summed E-state index contributed by atoms with van der Waals surface area (Å²) in [5.74, 6) is 1.34. The summed E-state index contributed by atoms with van der Waals surface area (Å²) in [5, 5.41) is 6.10. The van der Waals surface area contributed by atoms with E-state index in [0.29, 0.717) is 17.2 Å². The van der Waals surface area contributed by atoms with Crippen LogP contribution in [0, 0.1) is 0 Å². The summed E-state index contributed by atoms with van der Waals surface area (Å²) < 4.78 is 5.84. The smallest absolute Gasteiger partial charge is 0.319 e. The Bertz CT molecular complexity index is 991. The van der Waals surface area contributed by atoms with Gasteiger partial charge >= 0.3 is 6.03 Å². The van der Waals surface area contributed by atoms with Crippen LogP contribution in [0.2, 0.25) is 0 Å². The van der Waals surface area contributed by atoms with Gasteiger partial charge in [0.1, 0.15) is 11.5 Å². The quantitative estimate of drug-likeness (QED) is 0.592. The van der Waals surface area contributed by atoms with E-state index < -0.39 is 0 Å². The van der Waals surface area contributed by atoms with Crippen LogP contribution in [0.1, 0.15) is 11.6 Å². The van der Waals surface area contributed by atoms with Crippen LogP contribution in [-0.4, -0.2) is 60.6 Å². The van der Waals surface area contributed by atoms with Gasteiger partial charge in [0.15, 0.2) is 0 Å². The molecule has 0 aliphatic carbocycles. The maximum Gasteiger partial charge on any atom is 0.319 e. The fraction of sp³-hybridized carbons (Fsp3) is 0.280. The van der Waals surface area contributed by atoms with E-state index in [-0.39, 0.29) is 12.1 Å². The number of carbonyl (C=O) groups excluding carboxylic acids is 1. The van der Waals surface area contributed by atoms with E-state index in [2.05, 4.69) is 44.6 Å². The maximum atomic E-state index is 12.9. The molecule has 3 aromatic rings. The second kappa shape index (κ2) is 10.7. The van der Waals surface area contributed by atoms with Crippen LogP contribution < -0.4 is 15.4 Å². The summed E-state index contributed by atoms with van der Waals surface area (Å²) >= 11 is 0. The Morgan fingerprint density at radius 1 is 0.969 bits per heavy atom. The minimum Gasteiger partial charge on any atom is -0.457 e. The van der Waals surface area contributed by atoms with Crippen LogP contribution in [0.4, 0.5) is 10.5 Å². The van der Waals surface area contributed by atoms with Crippen LogP contribution in [0.15, 0.2) is 79.1 Å². The second-order valence-electron chi connectivity index (χ2n) is 7.98. The molecule has 1 saturated heterocycles. The Morgan fingerprint density at radius 3 is 2.47 bits per heavy atom. The highest BCUT2D eigenvalue weighted by Crippen LogP contribution is 2.24. The number of benzene rings is 2. The number of ether oxygens (including phenoxy) is 1. The molecule has 2 amide bonds. The number of hydrogen-bond acceptors (Lipinski definition) is 5. The zero-order valence-electron chi connectivity index (χ0n) is 18.3. The number of hydrogen-bond donors (Lipinski definition) is 2. The van der Waals surface area contributed by atoms with Crippen LogP contribution in [0.25, 0.3) is 0 Å². The normalized spacial score (nSPS) is 15.7. The third-order valence-corrected chi connectivity index (χ3v) is 5.52. The molecule has 0 radical (unpaired) electrons. The molecular weight excluding hydrogens is 402 g/mol. The number of likely N-dealkylation sites (N-methyl/N-ethyl adjacent to an activating group) is 1. The molecule has 1 fully saturated rings. The van der Waals surface area contributed by atoms with Crippen molar-refractivity contribution in [2.45, 2.75) is 6.04 Å². The van der Waals surface area contributed by atoms with Crippen molar-refractivity contribution in [3.63, 3.8) is 0 Å². The van der Waals surface area contributed by atoms with Gasteiger partial charge in [-0.25, -0.2) is 4.79 Å². The minimum absolute atomic E-state index is 0.101. The maximum absolute atomic E-state index is 12.9. The predicted octanol–water partition coefficient (Wildman–Crippen LogP) is 3.98. The lowest BCUT2D eigenvalue weighted by Crippen LogP contribution is -2.48. The number of nitrogens with one attached hydrogen (secondary N) is 2. The van der Waals surface area contributed by atoms with Gasteiger partial charge < -0.3 is 20.3 Å². The molecule has 0 spiro atoms. The molecule has 1 unspecified atom stereocenters. The summed E-state index contributed by atoms with van der Waals surface area (Å²) in [4.78, 5) is 21.6. The Kier molecular flexibility index (Phi) is 7.32. The number of carbonyl (C=O) groups is 1. The van der Waals surface area contributed by atoms with Gasteiger partial charge in [0, 0.05) is 56.9 Å². The van der Waals surface area contributed by atoms with Crippen molar-refractivity contribution < 1.29 is 9.53 Å². The molecule has 7 heteroatoms. The molecule has 7 nitrogen and oxygen atoms in total. The Balaban J connectivity index is 1.40. The zero-order valence-corrected chi connectivity index (χ0v) is 18.3. The molecule has 166 valence electrons. The third kappa shape index (κ3) is 6.29. The molecule has 2 heterocycles. The molecule has 1 aliphatic heterocycles. The number of anilines is 1. The number of amides is 2. The highest BCUT2D eigenvalue weighted by Gasteiger charge is 2.21. The number of aromatic nitrogens is 1. The molecule has 1 atom stereocenters. The first kappa shape index (κ1) is 21.8. The average Bonchev–Trinajstić information content (AvgIpc) is 2.81. The Hall–Kier alpha value is -3.42. The minimum atomic E-state index is -0.242. The summed E-state index contributed by atoms with van der Waals surface area (Å²) in [5.41, 5.74) is 1.76. The summed E-state index contributed by atoms with van der Waals surface area (Å²) in [6.07, 6.45) is 3.35. The Morgan fingerprint density at radius 2 is 1.72 bits per heavy atom. The standard InChI is InChI=1S/C25H29N5O2/c1-29-14-16-30(17-15-29)19-24(20-6-3-2-4-7-20)28-25(31)27-21-8-5-9-23(18-21)32-22-10-12-26-13-11-22/h2-13,18,24H,14-17,19H2,1H3,(H2,27,28,31). The summed E-state index contributed by atoms with van der Waals surface area (Å²) in [6, 6.07) is 20.7. The van der Waals surface area contributed by atoms with Gasteiger partial charge in [0.05, 0.1) is 6.04 Å². The van der Waals surface area contributed by atoms with Gasteiger partial charge in [-0.05, 0) is 36.9 Å². The summed E-state index contributed by atoms with van der Waals surface area (Å²) in [6.45, 7) is 4.85. The number of piperazine rings is 1. The molecule has 0 saturated carbocycles. The fourth-order valence-electron chi connectivity index (χ4n) is 3.71. The van der Waals surface area contributed by atoms with Crippen molar-refractivity contribution >= 4 is 11.7 Å². The first-order valence-corrected chi connectivity index (χ1v) is 10.9. The van der Waals surface area contributed by atoms with Gasteiger partial charge in [0.25, 0.3) is 0 Å². The van der Waals surface area contributed by atoms with Gasteiger partial charge in [-0.1, -0.05) is 36.4 Å². The van der Waals surface area contributed by atoms with E-state index in [1.165, 1.54) is 0 Å². The Labute approximate surface area is 189 Å². The van der Waals surface area contributed by atoms with Crippen molar-refractivity contribution in [3.05, 3.63) is 84.7 Å². The van der Waals surface area contributed by atoms with Crippen molar-refractivity contribution in [1.29, 1.82) is 0 Å². The third-order valence-electron chi connectivity index (χ3n) is 5.52. The first-order valence-electron chi connectivity index (χ1n) is 10.9. The average molecular weight is 432 g/mol. The van der Waals surface area contributed by atoms with Crippen molar-refractivity contribution in [2.75, 3.05) is 45.1 Å². The van der Waals surface area contributed by atoms with E-state index in [0.717, 1.165) is 38.3 Å². The lowest BCUT2D eigenvalue weighted by Gasteiger charge is -2.35. The van der Waals surface area contributed by atoms with Crippen molar-refractivity contribution in [2.24, 2.45) is 0 Å². The topological polar surface area (TPSA) is 69.7 Å². The van der Waals surface area contributed by atoms with Gasteiger partial charge in [0.2, 0.25) is 0 Å². The highest BCUT2D eigenvalue weighted by molar-refractivity contribution is 5.89. The molecular formula is C25H29N5O2. The molecule has 1 aliphatic rings. The van der Waals surface area contributed by atoms with Gasteiger partial charge in [-0.15, -0.1) is 0 Å². The molecule has 2 N–H and O–H groups in total. The second-order valence-corrected chi connectivity index (χ2v) is 7.98. The van der Waals surface area contributed by atoms with E-state index in [1.54, 1.807) is 30.6 Å². The van der Waals surface area contributed by atoms with E-state index >= 15 is 0 Å². The van der Waals surface area contributed by atoms with E-state index in [4.69, 9.17) is 4.74 Å². The largest absolute Gasteiger partial charge is 0.457 e. The molecule has 4 rings (SSSR count). The van der Waals surface area contributed by atoms with Crippen LogP contribution in [-0.2, 0) is 0 Å². The number of pyridine rings is 1. The molecule has 1 aromatic heterocycles. The summed E-state index contributed by atoms with van der Waals surface area (Å²) in [7, 11) is 2.14. The van der Waals surface area contributed by atoms with Gasteiger partial charge in [-0.2, -0.15) is 0 Å². The van der Waals surface area contributed by atoms with Crippen molar-refractivity contribution in [3.8, 4) is 11.5 Å². The lowest BCUT2D eigenvalue weighted by atomic mass is 10.1. The van der Waals surface area contributed by atoms with Crippen LogP contribution in [0.5, 0.6) is 11.5 Å². The number of rotatable bonds is 7. The molecule has 0 bridgehead atoms. The van der Waals surface area contributed by atoms with E-state index in [9.17, 15) is 4.79 Å². The molecule has 2 aromatic carbocycles. The molecule has 32 heavy (non-hydrogen) atoms. The van der Waals surface area contributed by atoms with Crippen molar-refractivity contribution in [1.82, 2.24) is 20.1 Å². The predicted molar refractivity (Wildman–Crippen MR) is 126 cm³/mol. The first-order chi connectivity index (χ1) is 15.7. The van der Waals surface area contributed by atoms with E-state index in [1.807, 2.05) is 36.4 Å². The van der Waals surface area contributed by atoms with Gasteiger partial charge in [-0.3, -0.25) is 9.88 Å². The lowest BCUT2D eigenvalue weighted by molar-refractivity contribution is 0.143.